The van der Waals surface area contributed by atoms with E-state index in [-0.39, 0.29) is 15.5 Å². The number of phosphoric acid groups is 1. The first-order valence-corrected chi connectivity index (χ1v) is 7.40. The van der Waals surface area contributed by atoms with Gasteiger partial charge in [0.2, 0.25) is 0 Å². The summed E-state index contributed by atoms with van der Waals surface area (Å²) in [4.78, 5) is 23.1. The minimum Gasteiger partial charge on any atom is -0.465 e. The molecule has 0 aliphatic heterocycles. The lowest BCUT2D eigenvalue weighted by molar-refractivity contribution is 0.0597. The standard InChI is InChI=1S/C10H13O8PS/c1-14-9(11)7-5-6(8(20-7)10(12)15-2)18-19(13,16-3)17-4/h5H,1-4H3. The lowest BCUT2D eigenvalue weighted by Crippen LogP contribution is -2.03. The Hall–Kier alpha value is -1.41. The molecule has 0 aliphatic rings. The number of rotatable bonds is 6. The summed E-state index contributed by atoms with van der Waals surface area (Å²) in [6.45, 7) is 0. The second kappa shape index (κ2) is 6.85. The average Bonchev–Trinajstić information content (AvgIpc) is 2.88. The molecular weight excluding hydrogens is 311 g/mol. The molecule has 0 saturated carbocycles. The molecule has 0 N–H and O–H groups in total. The molecule has 112 valence electrons. The number of methoxy groups -OCH3 is 2. The van der Waals surface area contributed by atoms with Crippen molar-refractivity contribution >= 4 is 31.1 Å². The van der Waals surface area contributed by atoms with Crippen molar-refractivity contribution in [2.24, 2.45) is 0 Å². The van der Waals surface area contributed by atoms with Gasteiger partial charge in [0.05, 0.1) is 14.2 Å². The zero-order valence-corrected chi connectivity index (χ0v) is 12.9. The van der Waals surface area contributed by atoms with Gasteiger partial charge in [-0.2, -0.15) is 0 Å². The van der Waals surface area contributed by atoms with Crippen molar-refractivity contribution in [1.29, 1.82) is 0 Å². The van der Waals surface area contributed by atoms with Crippen LogP contribution in [0.2, 0.25) is 0 Å². The topological polar surface area (TPSA) is 97.4 Å². The van der Waals surface area contributed by atoms with Crippen LogP contribution in [0.25, 0.3) is 0 Å². The summed E-state index contributed by atoms with van der Waals surface area (Å²) in [5.41, 5.74) is 0. The Balaban J connectivity index is 3.22. The molecule has 0 bridgehead atoms. The normalized spacial score (nSPS) is 11.0. The average molecular weight is 324 g/mol. The highest BCUT2D eigenvalue weighted by Gasteiger charge is 2.30. The molecule has 1 heterocycles. The van der Waals surface area contributed by atoms with Crippen LogP contribution in [0.1, 0.15) is 19.3 Å². The number of ether oxygens (including phenoxy) is 2. The van der Waals surface area contributed by atoms with Gasteiger partial charge in [-0.05, 0) is 0 Å². The molecule has 0 spiro atoms. The van der Waals surface area contributed by atoms with Crippen LogP contribution in [-0.2, 0) is 23.1 Å². The number of carbonyl (C=O) groups excluding carboxylic acids is 2. The highest BCUT2D eigenvalue weighted by atomic mass is 32.1. The highest BCUT2D eigenvalue weighted by molar-refractivity contribution is 7.48. The number of thiophene rings is 1. The molecule has 0 fully saturated rings. The molecule has 10 heteroatoms. The first-order valence-electron chi connectivity index (χ1n) is 5.12. The Morgan fingerprint density at radius 1 is 1.05 bits per heavy atom. The van der Waals surface area contributed by atoms with E-state index in [0.29, 0.717) is 0 Å². The van der Waals surface area contributed by atoms with Gasteiger partial charge in [0.25, 0.3) is 0 Å². The van der Waals surface area contributed by atoms with E-state index in [4.69, 9.17) is 4.52 Å². The third kappa shape index (κ3) is 3.57. The molecule has 0 unspecified atom stereocenters. The van der Waals surface area contributed by atoms with Gasteiger partial charge in [0.1, 0.15) is 4.88 Å². The summed E-state index contributed by atoms with van der Waals surface area (Å²) in [6.07, 6.45) is 0. The summed E-state index contributed by atoms with van der Waals surface area (Å²) in [6, 6.07) is 1.20. The zero-order valence-electron chi connectivity index (χ0n) is 11.2. The molecule has 0 amide bonds. The van der Waals surface area contributed by atoms with E-state index >= 15 is 0 Å². The molecule has 20 heavy (non-hydrogen) atoms. The van der Waals surface area contributed by atoms with Crippen LogP contribution in [0.4, 0.5) is 0 Å². The summed E-state index contributed by atoms with van der Waals surface area (Å²) >= 11 is 0.780. The SMILES string of the molecule is COC(=O)c1cc(OP(=O)(OC)OC)c(C(=O)OC)s1. The molecule has 8 nitrogen and oxygen atoms in total. The summed E-state index contributed by atoms with van der Waals surface area (Å²) in [5.74, 6) is -1.56. The van der Waals surface area contributed by atoms with Crippen LogP contribution in [-0.4, -0.2) is 40.4 Å². The van der Waals surface area contributed by atoms with Gasteiger partial charge < -0.3 is 14.0 Å². The first kappa shape index (κ1) is 16.6. The van der Waals surface area contributed by atoms with Gasteiger partial charge in [-0.1, -0.05) is 0 Å². The third-order valence-corrected chi connectivity index (χ3v) is 4.50. The van der Waals surface area contributed by atoms with Crippen molar-refractivity contribution in [3.63, 3.8) is 0 Å². The molecule has 1 rings (SSSR count). The van der Waals surface area contributed by atoms with Crippen LogP contribution in [0.5, 0.6) is 5.75 Å². The lowest BCUT2D eigenvalue weighted by atomic mass is 10.4. The van der Waals surface area contributed by atoms with Crippen molar-refractivity contribution in [3.8, 4) is 5.75 Å². The van der Waals surface area contributed by atoms with Gasteiger partial charge in [0.15, 0.2) is 10.6 Å². The third-order valence-electron chi connectivity index (χ3n) is 2.11. The molecule has 0 aromatic carbocycles. The van der Waals surface area contributed by atoms with Crippen molar-refractivity contribution in [1.82, 2.24) is 0 Å². The van der Waals surface area contributed by atoms with E-state index in [0.717, 1.165) is 32.7 Å². The van der Waals surface area contributed by atoms with E-state index in [1.54, 1.807) is 0 Å². The fourth-order valence-corrected chi connectivity index (χ4v) is 2.81. The second-order valence-electron chi connectivity index (χ2n) is 3.19. The van der Waals surface area contributed by atoms with E-state index in [1.165, 1.54) is 13.2 Å². The fourth-order valence-electron chi connectivity index (χ4n) is 1.15. The first-order chi connectivity index (χ1) is 9.40. The fraction of sp³-hybridized carbons (Fsp3) is 0.400. The maximum atomic E-state index is 11.9. The Morgan fingerprint density at radius 3 is 2.05 bits per heavy atom. The number of hydrogen-bond donors (Lipinski definition) is 0. The van der Waals surface area contributed by atoms with Crippen LogP contribution in [0.15, 0.2) is 6.07 Å². The van der Waals surface area contributed by atoms with Crippen molar-refractivity contribution in [3.05, 3.63) is 15.8 Å². The van der Waals surface area contributed by atoms with Crippen LogP contribution in [0.3, 0.4) is 0 Å². The van der Waals surface area contributed by atoms with Crippen LogP contribution in [0, 0.1) is 0 Å². The molecule has 0 atom stereocenters. The zero-order chi connectivity index (χ0) is 15.3. The molecular formula is C10H13O8PS. The Morgan fingerprint density at radius 2 is 1.60 bits per heavy atom. The molecule has 1 aromatic heterocycles. The van der Waals surface area contributed by atoms with Gasteiger partial charge in [-0.15, -0.1) is 11.3 Å². The maximum absolute atomic E-state index is 11.9. The number of esters is 2. The smallest absolute Gasteiger partial charge is 0.465 e. The minimum atomic E-state index is -3.86. The Kier molecular flexibility index (Phi) is 5.70. The maximum Gasteiger partial charge on any atom is 0.529 e. The van der Waals surface area contributed by atoms with Crippen LogP contribution >= 0.6 is 19.2 Å². The minimum absolute atomic E-state index is 0.0535. The van der Waals surface area contributed by atoms with E-state index in [2.05, 4.69) is 18.5 Å². The highest BCUT2D eigenvalue weighted by Crippen LogP contribution is 2.50. The van der Waals surface area contributed by atoms with E-state index in [1.807, 2.05) is 0 Å². The molecule has 1 aromatic rings. The number of hydrogen-bond acceptors (Lipinski definition) is 9. The summed E-state index contributed by atoms with van der Waals surface area (Å²) < 4.78 is 35.2. The van der Waals surface area contributed by atoms with Gasteiger partial charge >= 0.3 is 19.8 Å². The van der Waals surface area contributed by atoms with E-state index < -0.39 is 19.8 Å². The molecule has 0 aliphatic carbocycles. The Bertz CT molecular complexity index is 543. The van der Waals surface area contributed by atoms with Gasteiger partial charge in [-0.25, -0.2) is 14.2 Å². The monoisotopic (exact) mass is 324 g/mol. The predicted molar refractivity (Wildman–Crippen MR) is 69.3 cm³/mol. The molecule has 0 radical (unpaired) electrons. The lowest BCUT2D eigenvalue weighted by Gasteiger charge is -2.13. The number of carbonyl (C=O) groups is 2. The Labute approximate surface area is 119 Å². The van der Waals surface area contributed by atoms with Crippen molar-refractivity contribution < 1.29 is 37.2 Å². The summed E-state index contributed by atoms with van der Waals surface area (Å²) in [5, 5.41) is 0. The van der Waals surface area contributed by atoms with E-state index in [9.17, 15) is 14.2 Å². The van der Waals surface area contributed by atoms with Gasteiger partial charge in [0, 0.05) is 20.3 Å². The van der Waals surface area contributed by atoms with Crippen molar-refractivity contribution in [2.75, 3.05) is 28.4 Å². The predicted octanol–water partition coefficient (Wildman–Crippen LogP) is 2.10. The summed E-state index contributed by atoms with van der Waals surface area (Å²) in [7, 11) is 0.735. The largest absolute Gasteiger partial charge is 0.529 e. The quantitative estimate of drug-likeness (QED) is 0.579. The van der Waals surface area contributed by atoms with Crippen molar-refractivity contribution in [2.45, 2.75) is 0 Å². The van der Waals surface area contributed by atoms with Crippen LogP contribution < -0.4 is 4.52 Å². The molecule has 0 saturated heterocycles. The number of phosphoric ester groups is 1. The second-order valence-corrected chi connectivity index (χ2v) is 6.05. The van der Waals surface area contributed by atoms with Gasteiger partial charge in [-0.3, -0.25) is 9.05 Å².